The van der Waals surface area contributed by atoms with Crippen molar-refractivity contribution in [1.29, 1.82) is 0 Å². The number of hydrogen-bond donors (Lipinski definition) is 2. The summed E-state index contributed by atoms with van der Waals surface area (Å²) in [5, 5.41) is 2.65. The molecule has 0 fully saturated rings. The number of hydrogen-bond acceptors (Lipinski definition) is 3. The van der Waals surface area contributed by atoms with E-state index in [9.17, 15) is 4.79 Å². The van der Waals surface area contributed by atoms with Crippen molar-refractivity contribution in [1.82, 2.24) is 5.32 Å². The van der Waals surface area contributed by atoms with E-state index in [0.717, 1.165) is 11.1 Å². The van der Waals surface area contributed by atoms with Crippen molar-refractivity contribution in [3.8, 4) is 11.8 Å². The Labute approximate surface area is 120 Å². The van der Waals surface area contributed by atoms with Crippen molar-refractivity contribution in [2.24, 2.45) is 0 Å². The van der Waals surface area contributed by atoms with Crippen LogP contribution in [0, 0.1) is 18.8 Å². The van der Waals surface area contributed by atoms with Gasteiger partial charge in [-0.1, -0.05) is 17.9 Å². The van der Waals surface area contributed by atoms with Crippen molar-refractivity contribution in [3.63, 3.8) is 0 Å². The molecule has 20 heavy (non-hydrogen) atoms. The molecule has 0 heterocycles. The molecule has 0 aliphatic carbocycles. The number of carbonyl (C=O) groups is 1. The van der Waals surface area contributed by atoms with E-state index in [1.54, 1.807) is 0 Å². The first-order chi connectivity index (χ1) is 9.28. The molecule has 3 N–H and O–H groups in total. The van der Waals surface area contributed by atoms with Gasteiger partial charge in [-0.25, -0.2) is 4.79 Å². The molecule has 1 amide bonds. The summed E-state index contributed by atoms with van der Waals surface area (Å²) < 4.78 is 5.12. The first-order valence-electron chi connectivity index (χ1n) is 6.60. The third kappa shape index (κ3) is 6.14. The topological polar surface area (TPSA) is 64.3 Å². The van der Waals surface area contributed by atoms with Gasteiger partial charge in [-0.05, 0) is 45.4 Å². The molecule has 4 nitrogen and oxygen atoms in total. The number of nitrogens with two attached hydrogens (primary N) is 1. The highest BCUT2D eigenvalue weighted by atomic mass is 16.6. The number of benzene rings is 1. The van der Waals surface area contributed by atoms with Gasteiger partial charge in [0, 0.05) is 24.2 Å². The second-order valence-electron chi connectivity index (χ2n) is 5.57. The predicted octanol–water partition coefficient (Wildman–Crippen LogP) is 2.84. The Kier molecular flexibility index (Phi) is 5.45. The summed E-state index contributed by atoms with van der Waals surface area (Å²) >= 11 is 0. The summed E-state index contributed by atoms with van der Waals surface area (Å²) in [6.45, 7) is 7.91. The Morgan fingerprint density at radius 3 is 2.70 bits per heavy atom. The van der Waals surface area contributed by atoms with E-state index in [-0.39, 0.29) is 0 Å². The third-order valence-electron chi connectivity index (χ3n) is 2.35. The van der Waals surface area contributed by atoms with Crippen molar-refractivity contribution in [2.75, 3.05) is 12.3 Å². The quantitative estimate of drug-likeness (QED) is 0.495. The summed E-state index contributed by atoms with van der Waals surface area (Å²) in [5.41, 5.74) is 7.98. The Morgan fingerprint density at radius 2 is 2.10 bits per heavy atom. The molecule has 0 saturated carbocycles. The lowest BCUT2D eigenvalue weighted by atomic mass is 10.1. The number of anilines is 1. The van der Waals surface area contributed by atoms with Gasteiger partial charge in [0.1, 0.15) is 5.60 Å². The van der Waals surface area contributed by atoms with E-state index in [1.165, 1.54) is 0 Å². The minimum atomic E-state index is -0.480. The summed E-state index contributed by atoms with van der Waals surface area (Å²) in [7, 11) is 0. The number of amides is 1. The SMILES string of the molecule is Cc1ccc(C#CCCNC(=O)OC(C)(C)C)c(N)c1. The van der Waals surface area contributed by atoms with E-state index in [0.29, 0.717) is 18.7 Å². The van der Waals surface area contributed by atoms with E-state index >= 15 is 0 Å². The van der Waals surface area contributed by atoms with Crippen molar-refractivity contribution in [2.45, 2.75) is 39.7 Å². The van der Waals surface area contributed by atoms with Crippen LogP contribution in [0.1, 0.15) is 38.3 Å². The normalized spacial score (nSPS) is 10.4. The van der Waals surface area contributed by atoms with Gasteiger partial charge in [-0.15, -0.1) is 0 Å². The fraction of sp³-hybridized carbons (Fsp3) is 0.438. The molecule has 4 heteroatoms. The zero-order valence-electron chi connectivity index (χ0n) is 12.5. The molecule has 0 radical (unpaired) electrons. The van der Waals surface area contributed by atoms with E-state index in [2.05, 4.69) is 17.2 Å². The van der Waals surface area contributed by atoms with E-state index in [1.807, 2.05) is 45.9 Å². The standard InChI is InChI=1S/C16H22N2O2/c1-12-8-9-13(14(17)11-12)7-5-6-10-18-15(19)20-16(2,3)4/h8-9,11H,6,10,17H2,1-4H3,(H,18,19). The van der Waals surface area contributed by atoms with E-state index < -0.39 is 11.7 Å². The fourth-order valence-corrected chi connectivity index (χ4v) is 1.49. The van der Waals surface area contributed by atoms with Crippen molar-refractivity contribution in [3.05, 3.63) is 29.3 Å². The van der Waals surface area contributed by atoms with Crippen LogP contribution in [-0.4, -0.2) is 18.2 Å². The van der Waals surface area contributed by atoms with Gasteiger partial charge >= 0.3 is 6.09 Å². The average molecular weight is 274 g/mol. The Morgan fingerprint density at radius 1 is 1.40 bits per heavy atom. The lowest BCUT2D eigenvalue weighted by Crippen LogP contribution is -2.32. The van der Waals surface area contributed by atoms with Crippen molar-refractivity contribution >= 4 is 11.8 Å². The maximum atomic E-state index is 11.4. The van der Waals surface area contributed by atoms with Crippen LogP contribution in [0.15, 0.2) is 18.2 Å². The van der Waals surface area contributed by atoms with Crippen LogP contribution in [-0.2, 0) is 4.74 Å². The van der Waals surface area contributed by atoms with Gasteiger partial charge in [0.25, 0.3) is 0 Å². The maximum absolute atomic E-state index is 11.4. The van der Waals surface area contributed by atoms with Gasteiger partial charge in [-0.2, -0.15) is 0 Å². The van der Waals surface area contributed by atoms with E-state index in [4.69, 9.17) is 10.5 Å². The molecule has 0 aliphatic rings. The third-order valence-corrected chi connectivity index (χ3v) is 2.35. The molecule has 1 rings (SSSR count). The number of aryl methyl sites for hydroxylation is 1. The molecule has 0 bridgehead atoms. The number of rotatable bonds is 2. The van der Waals surface area contributed by atoms with Crippen LogP contribution >= 0.6 is 0 Å². The van der Waals surface area contributed by atoms with Crippen molar-refractivity contribution < 1.29 is 9.53 Å². The lowest BCUT2D eigenvalue weighted by molar-refractivity contribution is 0.0529. The summed E-state index contributed by atoms with van der Waals surface area (Å²) in [5.74, 6) is 5.97. The van der Waals surface area contributed by atoms with Crippen LogP contribution in [0.2, 0.25) is 0 Å². The average Bonchev–Trinajstić information content (AvgIpc) is 2.28. The fourth-order valence-electron chi connectivity index (χ4n) is 1.49. The van der Waals surface area contributed by atoms with Crippen LogP contribution in [0.3, 0.4) is 0 Å². The minimum absolute atomic E-state index is 0.422. The molecular weight excluding hydrogens is 252 g/mol. The largest absolute Gasteiger partial charge is 0.444 e. The smallest absolute Gasteiger partial charge is 0.407 e. The molecule has 0 aliphatic heterocycles. The Balaban J connectivity index is 2.38. The molecule has 1 aromatic rings. The predicted molar refractivity (Wildman–Crippen MR) is 81.3 cm³/mol. The van der Waals surface area contributed by atoms with Crippen LogP contribution < -0.4 is 11.1 Å². The van der Waals surface area contributed by atoms with Gasteiger partial charge in [-0.3, -0.25) is 0 Å². The molecule has 1 aromatic carbocycles. The summed E-state index contributed by atoms with van der Waals surface area (Å²) in [6.07, 6.45) is 0.126. The number of ether oxygens (including phenoxy) is 1. The van der Waals surface area contributed by atoms with Gasteiger partial charge in [0.2, 0.25) is 0 Å². The summed E-state index contributed by atoms with van der Waals surface area (Å²) in [6, 6.07) is 5.77. The zero-order valence-corrected chi connectivity index (χ0v) is 12.5. The van der Waals surface area contributed by atoms with Crippen LogP contribution in [0.5, 0.6) is 0 Å². The Bertz CT molecular complexity index is 534. The molecule has 108 valence electrons. The minimum Gasteiger partial charge on any atom is -0.444 e. The molecule has 0 unspecified atom stereocenters. The van der Waals surface area contributed by atoms with Crippen LogP contribution in [0.4, 0.5) is 10.5 Å². The monoisotopic (exact) mass is 274 g/mol. The number of nitrogens with one attached hydrogen (secondary N) is 1. The molecule has 0 atom stereocenters. The van der Waals surface area contributed by atoms with Gasteiger partial charge in [0.15, 0.2) is 0 Å². The Hall–Kier alpha value is -2.15. The highest BCUT2D eigenvalue weighted by Crippen LogP contribution is 2.12. The van der Waals surface area contributed by atoms with Gasteiger partial charge in [0.05, 0.1) is 0 Å². The number of alkyl carbamates (subject to hydrolysis) is 1. The maximum Gasteiger partial charge on any atom is 0.407 e. The highest BCUT2D eigenvalue weighted by Gasteiger charge is 2.15. The zero-order chi connectivity index (χ0) is 15.2. The molecular formula is C16H22N2O2. The summed E-state index contributed by atoms with van der Waals surface area (Å²) in [4.78, 5) is 11.4. The number of nitrogen functional groups attached to an aromatic ring is 1. The first-order valence-corrected chi connectivity index (χ1v) is 6.60. The number of carbonyl (C=O) groups excluding carboxylic acids is 1. The second-order valence-corrected chi connectivity index (χ2v) is 5.57. The van der Waals surface area contributed by atoms with Gasteiger partial charge < -0.3 is 15.8 Å². The molecule has 0 spiro atoms. The lowest BCUT2D eigenvalue weighted by Gasteiger charge is -2.19. The molecule has 0 saturated heterocycles. The highest BCUT2D eigenvalue weighted by molar-refractivity contribution is 5.67. The molecule has 0 aromatic heterocycles. The van der Waals surface area contributed by atoms with Crippen LogP contribution in [0.25, 0.3) is 0 Å². The first kappa shape index (κ1) is 15.9. The second kappa shape index (κ2) is 6.85.